The molecule has 1 atom stereocenters. The van der Waals surface area contributed by atoms with Crippen LogP contribution < -0.4 is 10.6 Å². The summed E-state index contributed by atoms with van der Waals surface area (Å²) in [5, 5.41) is 5.97. The fraction of sp³-hybridized carbons (Fsp3) is 0.538. The first-order valence-electron chi connectivity index (χ1n) is 6.28. The second-order valence-electron chi connectivity index (χ2n) is 4.50. The first-order valence-corrected chi connectivity index (χ1v) is 6.28. The zero-order valence-electron chi connectivity index (χ0n) is 10.6. The van der Waals surface area contributed by atoms with Crippen LogP contribution >= 0.6 is 0 Å². The third-order valence-electron chi connectivity index (χ3n) is 2.98. The number of carbonyl (C=O) groups is 1. The van der Waals surface area contributed by atoms with Crippen LogP contribution in [-0.4, -0.2) is 36.7 Å². The van der Waals surface area contributed by atoms with Crippen molar-refractivity contribution >= 4 is 11.6 Å². The molecule has 0 aliphatic carbocycles. The lowest BCUT2D eigenvalue weighted by Gasteiger charge is -2.11. The molecule has 5 nitrogen and oxygen atoms in total. The Balaban J connectivity index is 1.70. The van der Waals surface area contributed by atoms with Crippen LogP contribution in [0.5, 0.6) is 0 Å². The summed E-state index contributed by atoms with van der Waals surface area (Å²) < 4.78 is 5.47. The number of hydrogen-bond donors (Lipinski definition) is 2. The average Bonchev–Trinajstić information content (AvgIpc) is 2.85. The molecule has 2 heterocycles. The van der Waals surface area contributed by atoms with Gasteiger partial charge in [0.25, 0.3) is 0 Å². The monoisotopic (exact) mass is 249 g/mol. The van der Waals surface area contributed by atoms with Gasteiger partial charge in [-0.05, 0) is 31.4 Å². The molecule has 1 fully saturated rings. The summed E-state index contributed by atoms with van der Waals surface area (Å²) in [5.74, 6) is -0.0395. The van der Waals surface area contributed by atoms with Crippen LogP contribution in [-0.2, 0) is 9.53 Å². The Morgan fingerprint density at radius 3 is 3.22 bits per heavy atom. The Morgan fingerprint density at radius 2 is 2.50 bits per heavy atom. The Morgan fingerprint density at radius 1 is 1.61 bits per heavy atom. The number of aromatic nitrogens is 1. The Bertz CT molecular complexity index is 403. The van der Waals surface area contributed by atoms with Gasteiger partial charge in [0.05, 0.1) is 12.6 Å². The van der Waals surface area contributed by atoms with Crippen molar-refractivity contribution in [1.82, 2.24) is 10.3 Å². The molecule has 1 aromatic rings. The van der Waals surface area contributed by atoms with Gasteiger partial charge >= 0.3 is 0 Å². The number of hydrogen-bond acceptors (Lipinski definition) is 4. The molecule has 0 bridgehead atoms. The van der Waals surface area contributed by atoms with Crippen LogP contribution in [0.1, 0.15) is 18.4 Å². The van der Waals surface area contributed by atoms with E-state index in [9.17, 15) is 4.79 Å². The van der Waals surface area contributed by atoms with Gasteiger partial charge in [-0.15, -0.1) is 0 Å². The third-order valence-corrected chi connectivity index (χ3v) is 2.98. The molecule has 2 rings (SSSR count). The van der Waals surface area contributed by atoms with Crippen molar-refractivity contribution in [2.24, 2.45) is 0 Å². The third kappa shape index (κ3) is 3.78. The molecule has 0 radical (unpaired) electrons. The van der Waals surface area contributed by atoms with E-state index < -0.39 is 0 Å². The summed E-state index contributed by atoms with van der Waals surface area (Å²) in [4.78, 5) is 15.7. The zero-order chi connectivity index (χ0) is 12.8. The van der Waals surface area contributed by atoms with Gasteiger partial charge in [-0.25, -0.2) is 0 Å². The van der Waals surface area contributed by atoms with E-state index in [2.05, 4.69) is 15.6 Å². The van der Waals surface area contributed by atoms with E-state index in [0.717, 1.165) is 37.2 Å². The predicted octanol–water partition coefficient (Wildman–Crippen LogP) is 1.10. The fourth-order valence-corrected chi connectivity index (χ4v) is 1.96. The van der Waals surface area contributed by atoms with Crippen molar-refractivity contribution in [1.29, 1.82) is 0 Å². The second kappa shape index (κ2) is 6.47. The average molecular weight is 249 g/mol. The number of rotatable bonds is 5. The number of pyridine rings is 1. The van der Waals surface area contributed by atoms with Crippen molar-refractivity contribution in [3.05, 3.63) is 24.0 Å². The van der Waals surface area contributed by atoms with Gasteiger partial charge in [0, 0.05) is 31.2 Å². The summed E-state index contributed by atoms with van der Waals surface area (Å²) in [6.07, 6.45) is 5.87. The highest BCUT2D eigenvalue weighted by Crippen LogP contribution is 2.11. The SMILES string of the molecule is Cc1cnccc1NC(=O)CNC[C@H]1CCCO1. The maximum atomic E-state index is 11.7. The van der Waals surface area contributed by atoms with Gasteiger partial charge in [0.2, 0.25) is 5.91 Å². The van der Waals surface area contributed by atoms with Crippen molar-refractivity contribution in [2.75, 3.05) is 25.0 Å². The lowest BCUT2D eigenvalue weighted by molar-refractivity contribution is -0.115. The van der Waals surface area contributed by atoms with E-state index >= 15 is 0 Å². The van der Waals surface area contributed by atoms with Crippen LogP contribution in [0, 0.1) is 6.92 Å². The topological polar surface area (TPSA) is 63.2 Å². The van der Waals surface area contributed by atoms with E-state index in [1.165, 1.54) is 0 Å². The molecule has 0 aromatic carbocycles. The Labute approximate surface area is 107 Å². The summed E-state index contributed by atoms with van der Waals surface area (Å²) in [6, 6.07) is 1.80. The second-order valence-corrected chi connectivity index (χ2v) is 4.50. The van der Waals surface area contributed by atoms with Gasteiger partial charge in [-0.3, -0.25) is 9.78 Å². The number of carbonyl (C=O) groups excluding carboxylic acids is 1. The molecule has 0 saturated carbocycles. The van der Waals surface area contributed by atoms with E-state index in [1.807, 2.05) is 6.92 Å². The number of aryl methyl sites for hydroxylation is 1. The number of nitrogens with zero attached hydrogens (tertiary/aromatic N) is 1. The smallest absolute Gasteiger partial charge is 0.238 e. The van der Waals surface area contributed by atoms with Gasteiger partial charge < -0.3 is 15.4 Å². The van der Waals surface area contributed by atoms with E-state index in [0.29, 0.717) is 6.54 Å². The van der Waals surface area contributed by atoms with Crippen LogP contribution in [0.15, 0.2) is 18.5 Å². The van der Waals surface area contributed by atoms with Crippen LogP contribution in [0.3, 0.4) is 0 Å². The van der Waals surface area contributed by atoms with Gasteiger partial charge in [-0.2, -0.15) is 0 Å². The minimum absolute atomic E-state index is 0.0395. The highest BCUT2D eigenvalue weighted by molar-refractivity contribution is 5.92. The first kappa shape index (κ1) is 13.0. The Hall–Kier alpha value is -1.46. The van der Waals surface area contributed by atoms with Crippen molar-refractivity contribution in [3.63, 3.8) is 0 Å². The number of ether oxygens (including phenoxy) is 1. The Kier molecular flexibility index (Phi) is 4.66. The summed E-state index contributed by atoms with van der Waals surface area (Å²) >= 11 is 0. The van der Waals surface area contributed by atoms with E-state index in [1.54, 1.807) is 18.5 Å². The largest absolute Gasteiger partial charge is 0.377 e. The molecule has 0 spiro atoms. The molecule has 1 aliphatic heterocycles. The maximum absolute atomic E-state index is 11.7. The molecular formula is C13H19N3O2. The highest BCUT2D eigenvalue weighted by atomic mass is 16.5. The van der Waals surface area contributed by atoms with E-state index in [-0.39, 0.29) is 12.0 Å². The quantitative estimate of drug-likeness (QED) is 0.820. The molecule has 1 amide bonds. The van der Waals surface area contributed by atoms with Crippen LogP contribution in [0.4, 0.5) is 5.69 Å². The van der Waals surface area contributed by atoms with E-state index in [4.69, 9.17) is 4.74 Å². The highest BCUT2D eigenvalue weighted by Gasteiger charge is 2.15. The zero-order valence-corrected chi connectivity index (χ0v) is 10.6. The molecule has 1 saturated heterocycles. The van der Waals surface area contributed by atoms with Crippen LogP contribution in [0.25, 0.3) is 0 Å². The summed E-state index contributed by atoms with van der Waals surface area (Å²) in [7, 11) is 0. The standard InChI is InChI=1S/C13H19N3O2/c1-10-7-14-5-4-12(10)16-13(17)9-15-8-11-3-2-6-18-11/h4-5,7,11,15H,2-3,6,8-9H2,1H3,(H,14,16,17)/t11-/m1/s1. The molecule has 18 heavy (non-hydrogen) atoms. The van der Waals surface area contributed by atoms with Gasteiger partial charge in [0.15, 0.2) is 0 Å². The molecule has 1 aliphatic rings. The van der Waals surface area contributed by atoms with Crippen molar-refractivity contribution in [2.45, 2.75) is 25.9 Å². The number of anilines is 1. The van der Waals surface area contributed by atoms with Gasteiger partial charge in [-0.1, -0.05) is 0 Å². The fourth-order valence-electron chi connectivity index (χ4n) is 1.96. The molecule has 5 heteroatoms. The molecule has 2 N–H and O–H groups in total. The predicted molar refractivity (Wildman–Crippen MR) is 69.4 cm³/mol. The minimum atomic E-state index is -0.0395. The van der Waals surface area contributed by atoms with Gasteiger partial charge in [0.1, 0.15) is 0 Å². The maximum Gasteiger partial charge on any atom is 0.238 e. The summed E-state index contributed by atoms with van der Waals surface area (Å²) in [6.45, 7) is 3.81. The molecular weight excluding hydrogens is 230 g/mol. The number of amides is 1. The first-order chi connectivity index (χ1) is 8.75. The minimum Gasteiger partial charge on any atom is -0.377 e. The van der Waals surface area contributed by atoms with Crippen LogP contribution in [0.2, 0.25) is 0 Å². The normalized spacial score (nSPS) is 18.8. The lowest BCUT2D eigenvalue weighted by atomic mass is 10.2. The van der Waals surface area contributed by atoms with Crippen molar-refractivity contribution < 1.29 is 9.53 Å². The number of nitrogens with one attached hydrogen (secondary N) is 2. The lowest BCUT2D eigenvalue weighted by Crippen LogP contribution is -2.33. The summed E-state index contributed by atoms with van der Waals surface area (Å²) in [5.41, 5.74) is 1.78. The molecule has 98 valence electrons. The molecule has 0 unspecified atom stereocenters. The molecule has 1 aromatic heterocycles. The van der Waals surface area contributed by atoms with Crippen molar-refractivity contribution in [3.8, 4) is 0 Å².